The summed E-state index contributed by atoms with van der Waals surface area (Å²) < 4.78 is 6.64. The Labute approximate surface area is 103 Å². The second kappa shape index (κ2) is 3.84. The molecule has 0 aliphatic carbocycles. The van der Waals surface area contributed by atoms with Gasteiger partial charge in [-0.2, -0.15) is 0 Å². The van der Waals surface area contributed by atoms with Crippen molar-refractivity contribution in [1.29, 1.82) is 0 Å². The Bertz CT molecular complexity index is 565. The molecular formula is C13H12BrNO. The minimum absolute atomic E-state index is 0.581. The van der Waals surface area contributed by atoms with E-state index >= 15 is 0 Å². The molecule has 0 amide bonds. The van der Waals surface area contributed by atoms with Crippen LogP contribution in [0.3, 0.4) is 0 Å². The number of nitrogens with two attached hydrogens (primary N) is 1. The van der Waals surface area contributed by atoms with E-state index in [4.69, 9.17) is 10.5 Å². The highest BCUT2D eigenvalue weighted by atomic mass is 79.9. The summed E-state index contributed by atoms with van der Waals surface area (Å²) >= 11 is 3.51. The van der Waals surface area contributed by atoms with Crippen LogP contribution in [0.4, 0.5) is 0 Å². The average molecular weight is 278 g/mol. The van der Waals surface area contributed by atoms with Gasteiger partial charge in [0.05, 0.1) is 13.2 Å². The summed E-state index contributed by atoms with van der Waals surface area (Å²) in [5.41, 5.74) is 9.58. The molecular weight excluding hydrogens is 266 g/mol. The summed E-state index contributed by atoms with van der Waals surface area (Å²) in [5, 5.41) is 2.52. The fourth-order valence-electron chi connectivity index (χ4n) is 2.33. The molecule has 0 saturated heterocycles. The van der Waals surface area contributed by atoms with Crippen LogP contribution in [0.25, 0.3) is 10.8 Å². The number of benzene rings is 2. The van der Waals surface area contributed by atoms with Crippen LogP contribution >= 0.6 is 15.9 Å². The summed E-state index contributed by atoms with van der Waals surface area (Å²) in [6.07, 6.45) is 0. The lowest BCUT2D eigenvalue weighted by Gasteiger charge is -2.09. The van der Waals surface area contributed by atoms with Crippen LogP contribution in [0.2, 0.25) is 0 Å². The number of ether oxygens (including phenoxy) is 1. The van der Waals surface area contributed by atoms with Gasteiger partial charge in [-0.3, -0.25) is 0 Å². The van der Waals surface area contributed by atoms with E-state index in [0.717, 1.165) is 4.47 Å². The van der Waals surface area contributed by atoms with E-state index in [1.165, 1.54) is 27.5 Å². The zero-order valence-electron chi connectivity index (χ0n) is 8.79. The van der Waals surface area contributed by atoms with E-state index in [-0.39, 0.29) is 0 Å². The molecule has 3 heteroatoms. The molecule has 16 heavy (non-hydrogen) atoms. The molecule has 1 aliphatic rings. The first kappa shape index (κ1) is 10.3. The number of rotatable bonds is 1. The van der Waals surface area contributed by atoms with Gasteiger partial charge in [0, 0.05) is 11.0 Å². The van der Waals surface area contributed by atoms with Crippen LogP contribution in [-0.2, 0) is 24.5 Å². The van der Waals surface area contributed by atoms with Crippen LogP contribution < -0.4 is 5.73 Å². The fraction of sp³-hybridized carbons (Fsp3) is 0.231. The smallest absolute Gasteiger partial charge is 0.0731 e. The molecule has 0 atom stereocenters. The molecule has 2 N–H and O–H groups in total. The normalized spacial score (nSPS) is 14.4. The average Bonchev–Trinajstić information content (AvgIpc) is 2.77. The molecule has 2 aromatic carbocycles. The van der Waals surface area contributed by atoms with Crippen LogP contribution in [0.1, 0.15) is 16.7 Å². The Balaban J connectivity index is 2.39. The largest absolute Gasteiger partial charge is 0.372 e. The van der Waals surface area contributed by atoms with Crippen LogP contribution in [0.5, 0.6) is 0 Å². The van der Waals surface area contributed by atoms with Crippen molar-refractivity contribution in [2.24, 2.45) is 5.73 Å². The molecule has 1 aliphatic heterocycles. The predicted octanol–water partition coefficient (Wildman–Crippen LogP) is 3.09. The second-order valence-corrected chi connectivity index (χ2v) is 4.97. The number of hydrogen-bond donors (Lipinski definition) is 1. The van der Waals surface area contributed by atoms with Crippen LogP contribution in [-0.4, -0.2) is 0 Å². The maximum Gasteiger partial charge on any atom is 0.0731 e. The van der Waals surface area contributed by atoms with Gasteiger partial charge in [-0.1, -0.05) is 22.0 Å². The monoisotopic (exact) mass is 277 g/mol. The summed E-state index contributed by atoms with van der Waals surface area (Å²) in [6.45, 7) is 1.98. The van der Waals surface area contributed by atoms with Crippen molar-refractivity contribution in [1.82, 2.24) is 0 Å². The zero-order valence-corrected chi connectivity index (χ0v) is 10.4. The Kier molecular flexibility index (Phi) is 2.46. The molecule has 0 radical (unpaired) electrons. The molecule has 2 aromatic rings. The van der Waals surface area contributed by atoms with Gasteiger partial charge in [0.15, 0.2) is 0 Å². The lowest BCUT2D eigenvalue weighted by Crippen LogP contribution is -2.01. The molecule has 0 fully saturated rings. The van der Waals surface area contributed by atoms with Gasteiger partial charge in [0.1, 0.15) is 0 Å². The Morgan fingerprint density at radius 1 is 1.19 bits per heavy atom. The number of hydrogen-bond acceptors (Lipinski definition) is 2. The molecule has 3 rings (SSSR count). The van der Waals surface area contributed by atoms with Gasteiger partial charge in [-0.05, 0) is 45.7 Å². The summed E-state index contributed by atoms with van der Waals surface area (Å²) in [6, 6.07) is 8.51. The Hall–Kier alpha value is -0.900. The molecule has 0 spiro atoms. The SMILES string of the molecule is NCc1cc2ccc(Br)cc2c2c1COC2. The van der Waals surface area contributed by atoms with Gasteiger partial charge in [0.25, 0.3) is 0 Å². The molecule has 0 bridgehead atoms. The lowest BCUT2D eigenvalue weighted by molar-refractivity contribution is 0.134. The molecule has 2 nitrogen and oxygen atoms in total. The third-order valence-corrected chi connectivity index (χ3v) is 3.63. The van der Waals surface area contributed by atoms with E-state index in [0.29, 0.717) is 19.8 Å². The third-order valence-electron chi connectivity index (χ3n) is 3.13. The van der Waals surface area contributed by atoms with Crippen LogP contribution in [0.15, 0.2) is 28.7 Å². The highest BCUT2D eigenvalue weighted by molar-refractivity contribution is 9.10. The van der Waals surface area contributed by atoms with E-state index < -0.39 is 0 Å². The second-order valence-electron chi connectivity index (χ2n) is 4.06. The van der Waals surface area contributed by atoms with Crippen molar-refractivity contribution < 1.29 is 4.74 Å². The van der Waals surface area contributed by atoms with Crippen molar-refractivity contribution in [3.05, 3.63) is 45.4 Å². The first-order valence-corrected chi connectivity index (χ1v) is 6.09. The van der Waals surface area contributed by atoms with Crippen molar-refractivity contribution in [3.8, 4) is 0 Å². The third kappa shape index (κ3) is 1.47. The molecule has 0 aromatic heterocycles. The maximum absolute atomic E-state index is 5.78. The first-order chi connectivity index (χ1) is 7.79. The molecule has 82 valence electrons. The van der Waals surface area contributed by atoms with E-state index in [1.54, 1.807) is 0 Å². The van der Waals surface area contributed by atoms with E-state index in [2.05, 4.69) is 40.2 Å². The van der Waals surface area contributed by atoms with Gasteiger partial charge in [0.2, 0.25) is 0 Å². The zero-order chi connectivity index (χ0) is 11.1. The van der Waals surface area contributed by atoms with Gasteiger partial charge >= 0.3 is 0 Å². The first-order valence-electron chi connectivity index (χ1n) is 5.30. The van der Waals surface area contributed by atoms with Crippen molar-refractivity contribution in [2.45, 2.75) is 19.8 Å². The highest BCUT2D eigenvalue weighted by Gasteiger charge is 2.18. The van der Waals surface area contributed by atoms with E-state index in [1.807, 2.05) is 0 Å². The minimum atomic E-state index is 0.581. The van der Waals surface area contributed by atoms with Gasteiger partial charge in [-0.15, -0.1) is 0 Å². The lowest BCUT2D eigenvalue weighted by atomic mass is 9.96. The topological polar surface area (TPSA) is 35.2 Å². The van der Waals surface area contributed by atoms with E-state index in [9.17, 15) is 0 Å². The highest BCUT2D eigenvalue weighted by Crippen LogP contribution is 2.33. The minimum Gasteiger partial charge on any atom is -0.372 e. The molecule has 0 saturated carbocycles. The summed E-state index contributed by atoms with van der Waals surface area (Å²) in [4.78, 5) is 0. The van der Waals surface area contributed by atoms with Crippen molar-refractivity contribution in [2.75, 3.05) is 0 Å². The quantitative estimate of drug-likeness (QED) is 0.870. The maximum atomic E-state index is 5.78. The molecule has 0 unspecified atom stereocenters. The van der Waals surface area contributed by atoms with Crippen molar-refractivity contribution >= 4 is 26.7 Å². The standard InChI is InChI=1S/C13H12BrNO/c14-10-2-1-8-3-9(5-15)12-6-16-7-13(12)11(8)4-10/h1-4H,5-7,15H2. The van der Waals surface area contributed by atoms with Gasteiger partial charge < -0.3 is 10.5 Å². The van der Waals surface area contributed by atoms with Gasteiger partial charge in [-0.25, -0.2) is 0 Å². The summed E-state index contributed by atoms with van der Waals surface area (Å²) in [7, 11) is 0. The fourth-order valence-corrected chi connectivity index (χ4v) is 2.69. The van der Waals surface area contributed by atoms with Crippen LogP contribution in [0, 0.1) is 0 Å². The summed E-state index contributed by atoms with van der Waals surface area (Å²) in [5.74, 6) is 0. The molecule has 1 heterocycles. The van der Waals surface area contributed by atoms with Crippen molar-refractivity contribution in [3.63, 3.8) is 0 Å². The predicted molar refractivity (Wildman–Crippen MR) is 68.0 cm³/mol. The Morgan fingerprint density at radius 2 is 2.00 bits per heavy atom. The number of fused-ring (bicyclic) bond motifs is 3. The Morgan fingerprint density at radius 3 is 2.81 bits per heavy atom. The number of halogens is 1.